The zero-order valence-corrected chi connectivity index (χ0v) is 34.4. The first-order chi connectivity index (χ1) is 30.7. The fraction of sp³-hybridized carbons (Fsp3) is 0.0172. The summed E-state index contributed by atoms with van der Waals surface area (Å²) in [6.07, 6.45) is 0. The lowest BCUT2D eigenvalue weighted by Gasteiger charge is -2.34. The van der Waals surface area contributed by atoms with Gasteiger partial charge in [0.2, 0.25) is 0 Å². The van der Waals surface area contributed by atoms with Crippen LogP contribution in [0.3, 0.4) is 0 Å². The van der Waals surface area contributed by atoms with Crippen LogP contribution in [0.5, 0.6) is 0 Å². The van der Waals surface area contributed by atoms with Crippen LogP contribution in [-0.2, 0) is 5.41 Å². The zero-order valence-electron chi connectivity index (χ0n) is 33.6. The van der Waals surface area contributed by atoms with E-state index in [1.54, 1.807) is 11.3 Å². The van der Waals surface area contributed by atoms with E-state index in [2.05, 4.69) is 224 Å². The highest BCUT2D eigenvalue weighted by Gasteiger charge is 2.46. The molecule has 2 heterocycles. The molecule has 0 saturated carbocycles. The highest BCUT2D eigenvalue weighted by molar-refractivity contribution is 7.26. The third kappa shape index (κ3) is 5.76. The standard InChI is InChI=1S/C58H37N3S/c1-4-17-38(18-5-1)39-31-33-40(34-32-39)44-23-10-11-26-49(44)56-59-55(60-57(61-56)50-28-16-27-48-47-25-13-15-30-53(47)62-54(48)50)41-35-36-46-45-24-12-14-29-51(45)58(52(46)37-41,42-19-6-2-7-20-42)43-21-8-3-9-22-43/h1-37H. The molecule has 0 saturated heterocycles. The Labute approximate surface area is 364 Å². The van der Waals surface area contributed by atoms with Crippen LogP contribution in [0.2, 0.25) is 0 Å². The van der Waals surface area contributed by atoms with Crippen LogP contribution in [0, 0.1) is 0 Å². The second-order valence-corrected chi connectivity index (χ2v) is 16.9. The van der Waals surface area contributed by atoms with Crippen LogP contribution in [-0.4, -0.2) is 15.0 Å². The highest BCUT2D eigenvalue weighted by Crippen LogP contribution is 2.56. The van der Waals surface area contributed by atoms with Crippen molar-refractivity contribution in [3.63, 3.8) is 0 Å². The quantitative estimate of drug-likeness (QED) is 0.161. The van der Waals surface area contributed by atoms with Crippen molar-refractivity contribution in [1.29, 1.82) is 0 Å². The van der Waals surface area contributed by atoms with Gasteiger partial charge >= 0.3 is 0 Å². The Bertz CT molecular complexity index is 3410. The molecule has 0 bridgehead atoms. The summed E-state index contributed by atoms with van der Waals surface area (Å²) in [4.78, 5) is 16.2. The molecule has 0 amide bonds. The Balaban J connectivity index is 1.09. The van der Waals surface area contributed by atoms with Gasteiger partial charge in [0.05, 0.1) is 5.41 Å². The van der Waals surface area contributed by atoms with E-state index < -0.39 is 5.41 Å². The van der Waals surface area contributed by atoms with E-state index in [-0.39, 0.29) is 0 Å². The molecule has 0 spiro atoms. The van der Waals surface area contributed by atoms with Gasteiger partial charge in [0.15, 0.2) is 17.5 Å². The predicted molar refractivity (Wildman–Crippen MR) is 257 cm³/mol. The summed E-state index contributed by atoms with van der Waals surface area (Å²) in [5, 5.41) is 2.45. The van der Waals surface area contributed by atoms with Crippen molar-refractivity contribution in [1.82, 2.24) is 15.0 Å². The monoisotopic (exact) mass is 807 g/mol. The zero-order chi connectivity index (χ0) is 41.0. The van der Waals surface area contributed by atoms with Gasteiger partial charge in [-0.3, -0.25) is 0 Å². The van der Waals surface area contributed by atoms with Gasteiger partial charge in [-0.1, -0.05) is 206 Å². The molecule has 0 radical (unpaired) electrons. The van der Waals surface area contributed by atoms with Gasteiger partial charge in [0.1, 0.15) is 0 Å². The van der Waals surface area contributed by atoms with Crippen molar-refractivity contribution < 1.29 is 0 Å². The Hall–Kier alpha value is -7.79. The SMILES string of the molecule is c1ccc(-c2ccc(-c3ccccc3-c3nc(-c4ccc5c(c4)C(c4ccccc4)(c4ccccc4)c4ccccc4-5)nc(-c4cccc5c4sc4ccccc45)n3)cc2)cc1. The van der Waals surface area contributed by atoms with E-state index in [4.69, 9.17) is 15.0 Å². The predicted octanol–water partition coefficient (Wildman–Crippen LogP) is 14.9. The molecule has 0 fully saturated rings. The molecule has 4 heteroatoms. The normalized spacial score (nSPS) is 12.6. The molecule has 11 aromatic rings. The average Bonchev–Trinajstić information content (AvgIpc) is 3.89. The molecule has 3 nitrogen and oxygen atoms in total. The third-order valence-corrected chi connectivity index (χ3v) is 13.7. The van der Waals surface area contributed by atoms with Crippen molar-refractivity contribution in [2.24, 2.45) is 0 Å². The minimum atomic E-state index is -0.551. The minimum absolute atomic E-state index is 0.551. The summed E-state index contributed by atoms with van der Waals surface area (Å²) in [6, 6.07) is 80.4. The smallest absolute Gasteiger partial charge is 0.165 e. The molecule has 1 aliphatic carbocycles. The Morgan fingerprint density at radius 3 is 1.55 bits per heavy atom. The van der Waals surface area contributed by atoms with Gasteiger partial charge < -0.3 is 0 Å². The van der Waals surface area contributed by atoms with E-state index >= 15 is 0 Å². The third-order valence-electron chi connectivity index (χ3n) is 12.5. The van der Waals surface area contributed by atoms with E-state index in [1.165, 1.54) is 60.0 Å². The fourth-order valence-electron chi connectivity index (χ4n) is 9.66. The molecule has 2 aromatic heterocycles. The number of aromatic nitrogens is 3. The van der Waals surface area contributed by atoms with Crippen molar-refractivity contribution in [3.8, 4) is 67.5 Å². The summed E-state index contributed by atoms with van der Waals surface area (Å²) in [5.74, 6) is 1.91. The van der Waals surface area contributed by atoms with Crippen LogP contribution in [0.4, 0.5) is 0 Å². The molecular weight excluding hydrogens is 771 g/mol. The number of thiophene rings is 1. The number of hydrogen-bond donors (Lipinski definition) is 0. The van der Waals surface area contributed by atoms with Crippen LogP contribution >= 0.6 is 11.3 Å². The topological polar surface area (TPSA) is 38.7 Å². The van der Waals surface area contributed by atoms with Gasteiger partial charge in [0.25, 0.3) is 0 Å². The van der Waals surface area contributed by atoms with Crippen LogP contribution in [0.1, 0.15) is 22.3 Å². The molecule has 12 rings (SSSR count). The maximum Gasteiger partial charge on any atom is 0.165 e. The summed E-state index contributed by atoms with van der Waals surface area (Å²) in [6.45, 7) is 0. The minimum Gasteiger partial charge on any atom is -0.208 e. The lowest BCUT2D eigenvalue weighted by molar-refractivity contribution is 0.768. The molecule has 1 aliphatic rings. The number of nitrogens with zero attached hydrogens (tertiary/aromatic N) is 3. The van der Waals surface area contributed by atoms with Crippen molar-refractivity contribution in [3.05, 3.63) is 247 Å². The van der Waals surface area contributed by atoms with Gasteiger partial charge in [-0.2, -0.15) is 0 Å². The van der Waals surface area contributed by atoms with Crippen molar-refractivity contribution >= 4 is 31.5 Å². The number of benzene rings is 9. The van der Waals surface area contributed by atoms with Gasteiger partial charge in [0, 0.05) is 36.9 Å². The molecular formula is C58H37N3S. The molecule has 0 atom stereocenters. The molecule has 62 heavy (non-hydrogen) atoms. The van der Waals surface area contributed by atoms with Gasteiger partial charge in [-0.05, 0) is 73.8 Å². The largest absolute Gasteiger partial charge is 0.208 e. The van der Waals surface area contributed by atoms with E-state index in [9.17, 15) is 0 Å². The maximum absolute atomic E-state index is 5.42. The maximum atomic E-state index is 5.42. The van der Waals surface area contributed by atoms with Crippen molar-refractivity contribution in [2.75, 3.05) is 0 Å². The average molecular weight is 808 g/mol. The first-order valence-corrected chi connectivity index (χ1v) is 21.8. The number of rotatable bonds is 7. The molecule has 0 N–H and O–H groups in total. The molecule has 9 aromatic carbocycles. The van der Waals surface area contributed by atoms with E-state index in [0.29, 0.717) is 17.5 Å². The van der Waals surface area contributed by atoms with E-state index in [0.717, 1.165) is 32.5 Å². The first kappa shape index (κ1) is 36.1. The fourth-order valence-corrected chi connectivity index (χ4v) is 10.9. The molecule has 290 valence electrons. The first-order valence-electron chi connectivity index (χ1n) is 21.0. The summed E-state index contributed by atoms with van der Waals surface area (Å²) in [7, 11) is 0. The highest BCUT2D eigenvalue weighted by atomic mass is 32.1. The molecule has 0 unspecified atom stereocenters. The Kier molecular flexibility index (Phi) is 8.58. The van der Waals surface area contributed by atoms with Crippen LogP contribution < -0.4 is 0 Å². The van der Waals surface area contributed by atoms with Crippen molar-refractivity contribution in [2.45, 2.75) is 5.41 Å². The lowest BCUT2D eigenvalue weighted by Crippen LogP contribution is -2.28. The molecule has 0 aliphatic heterocycles. The summed E-state index contributed by atoms with van der Waals surface area (Å²) < 4.78 is 2.41. The summed E-state index contributed by atoms with van der Waals surface area (Å²) in [5.41, 5.74) is 14.2. The Morgan fingerprint density at radius 2 is 0.806 bits per heavy atom. The second-order valence-electron chi connectivity index (χ2n) is 15.9. The second kappa shape index (κ2) is 14.7. The summed E-state index contributed by atoms with van der Waals surface area (Å²) >= 11 is 1.79. The number of hydrogen-bond acceptors (Lipinski definition) is 4. The van der Waals surface area contributed by atoms with Crippen LogP contribution in [0.25, 0.3) is 87.7 Å². The van der Waals surface area contributed by atoms with Gasteiger partial charge in [-0.25, -0.2) is 15.0 Å². The lowest BCUT2D eigenvalue weighted by atomic mass is 9.67. The van der Waals surface area contributed by atoms with E-state index in [1.807, 2.05) is 0 Å². The van der Waals surface area contributed by atoms with Crippen LogP contribution in [0.15, 0.2) is 224 Å². The Morgan fingerprint density at radius 1 is 0.306 bits per heavy atom. The van der Waals surface area contributed by atoms with Gasteiger partial charge in [-0.15, -0.1) is 11.3 Å². The number of fused-ring (bicyclic) bond motifs is 6.